The molecule has 0 aliphatic heterocycles. The maximum absolute atomic E-state index is 4.93. The Balaban J connectivity index is 1.33. The molecule has 4 aliphatic carbocycles. The minimum Gasteiger partial charge on any atom is -0.345 e. The molecular formula is C26H31N5. The van der Waals surface area contributed by atoms with Crippen LogP contribution in [-0.2, 0) is 0 Å². The van der Waals surface area contributed by atoms with Crippen LogP contribution in [0.1, 0.15) is 51.4 Å². The zero-order valence-corrected chi connectivity index (χ0v) is 18.0. The van der Waals surface area contributed by atoms with Gasteiger partial charge in [-0.2, -0.15) is 0 Å². The van der Waals surface area contributed by atoms with Crippen molar-refractivity contribution in [2.45, 2.75) is 63.5 Å². The lowest BCUT2D eigenvalue weighted by molar-refractivity contribution is 0.294. The summed E-state index contributed by atoms with van der Waals surface area (Å²) < 4.78 is 0. The van der Waals surface area contributed by atoms with Crippen molar-refractivity contribution >= 4 is 16.9 Å². The first-order valence-corrected chi connectivity index (χ1v) is 12.3. The quantitative estimate of drug-likeness (QED) is 0.556. The highest BCUT2D eigenvalue weighted by Gasteiger charge is 2.46. The summed E-state index contributed by atoms with van der Waals surface area (Å²) in [4.78, 5) is 12.9. The lowest BCUT2D eigenvalue weighted by atomic mass is 9.93. The average Bonchev–Trinajstić information content (AvgIpc) is 3.63. The third-order valence-electron chi connectivity index (χ3n) is 8.84. The van der Waals surface area contributed by atoms with Crippen LogP contribution in [0.25, 0.3) is 22.2 Å². The third kappa shape index (κ3) is 2.93. The van der Waals surface area contributed by atoms with Gasteiger partial charge in [-0.25, -0.2) is 15.4 Å². The van der Waals surface area contributed by atoms with Crippen molar-refractivity contribution in [2.75, 3.05) is 5.01 Å². The summed E-state index contributed by atoms with van der Waals surface area (Å²) in [7, 11) is 0. The summed E-state index contributed by atoms with van der Waals surface area (Å²) in [5.41, 5.74) is 7.44. The van der Waals surface area contributed by atoms with Crippen LogP contribution >= 0.6 is 0 Å². The standard InChI is InChI=1S/C26H31N5/c1-2-4-18(5-3-1)21-14-27-25-24(21)26(29-15-28-25)31(23-13-17-7-9-20(23)11-17)30-22-12-16-6-8-19(22)10-16/h1-5,14-17,19-20,22-23,30H,6-13H2,(H,27,28,29). The molecule has 160 valence electrons. The van der Waals surface area contributed by atoms with E-state index in [4.69, 9.17) is 4.98 Å². The first-order valence-electron chi connectivity index (χ1n) is 12.3. The first-order chi connectivity index (χ1) is 15.3. The molecule has 4 fully saturated rings. The smallest absolute Gasteiger partial charge is 0.156 e. The number of hydrogen-bond donors (Lipinski definition) is 2. The monoisotopic (exact) mass is 413 g/mol. The number of hydrazine groups is 1. The molecule has 0 amide bonds. The van der Waals surface area contributed by atoms with E-state index >= 15 is 0 Å². The van der Waals surface area contributed by atoms with Crippen molar-refractivity contribution in [3.63, 3.8) is 0 Å². The Hall–Kier alpha value is -2.40. The molecule has 4 saturated carbocycles. The number of aromatic amines is 1. The normalized spacial score (nSPS) is 33.5. The van der Waals surface area contributed by atoms with Gasteiger partial charge in [-0.15, -0.1) is 0 Å². The van der Waals surface area contributed by atoms with E-state index in [9.17, 15) is 0 Å². The van der Waals surface area contributed by atoms with E-state index < -0.39 is 0 Å². The Morgan fingerprint density at radius 1 is 0.871 bits per heavy atom. The molecule has 0 saturated heterocycles. The van der Waals surface area contributed by atoms with Gasteiger partial charge in [0.25, 0.3) is 0 Å². The molecule has 0 spiro atoms. The fraction of sp³-hybridized carbons (Fsp3) is 0.538. The van der Waals surface area contributed by atoms with Crippen LogP contribution in [0.5, 0.6) is 0 Å². The zero-order chi connectivity index (χ0) is 20.4. The van der Waals surface area contributed by atoms with Crippen molar-refractivity contribution in [2.24, 2.45) is 23.7 Å². The molecule has 2 aromatic heterocycles. The van der Waals surface area contributed by atoms with Crippen molar-refractivity contribution in [1.82, 2.24) is 20.4 Å². The predicted molar refractivity (Wildman–Crippen MR) is 123 cm³/mol. The van der Waals surface area contributed by atoms with Gasteiger partial charge in [0.2, 0.25) is 0 Å². The van der Waals surface area contributed by atoms with Gasteiger partial charge < -0.3 is 4.98 Å². The highest BCUT2D eigenvalue weighted by Crippen LogP contribution is 2.49. The molecule has 0 radical (unpaired) electrons. The molecule has 1 aromatic carbocycles. The number of fused-ring (bicyclic) bond motifs is 5. The SMILES string of the molecule is c1ccc(-c2c[nH]c3ncnc(N(NC4CC5CCC4C5)C4CC5CCC4C5)c23)cc1. The highest BCUT2D eigenvalue weighted by molar-refractivity contribution is 6.01. The van der Waals surface area contributed by atoms with E-state index in [1.54, 1.807) is 6.33 Å². The van der Waals surface area contributed by atoms with Crippen LogP contribution in [-0.4, -0.2) is 27.0 Å². The molecule has 2 N–H and O–H groups in total. The molecule has 2 heterocycles. The second-order valence-electron chi connectivity index (χ2n) is 10.5. The Bertz CT molecular complexity index is 1090. The summed E-state index contributed by atoms with van der Waals surface area (Å²) in [5.74, 6) is 4.53. The van der Waals surface area contributed by atoms with Crippen molar-refractivity contribution in [1.29, 1.82) is 0 Å². The number of benzene rings is 1. The lowest BCUT2D eigenvalue weighted by Gasteiger charge is -2.39. The fourth-order valence-electron chi connectivity index (χ4n) is 7.40. The number of nitrogens with zero attached hydrogens (tertiary/aromatic N) is 3. The van der Waals surface area contributed by atoms with Gasteiger partial charge in [0.05, 0.1) is 11.4 Å². The lowest BCUT2D eigenvalue weighted by Crippen LogP contribution is -2.54. The van der Waals surface area contributed by atoms with E-state index in [1.165, 1.54) is 62.5 Å². The number of aromatic nitrogens is 3. The van der Waals surface area contributed by atoms with E-state index in [-0.39, 0.29) is 0 Å². The molecular weight excluding hydrogens is 382 g/mol. The van der Waals surface area contributed by atoms with Gasteiger partial charge in [0, 0.05) is 17.8 Å². The average molecular weight is 414 g/mol. The summed E-state index contributed by atoms with van der Waals surface area (Å²) in [6.07, 6.45) is 14.9. The van der Waals surface area contributed by atoms with Crippen molar-refractivity contribution in [3.05, 3.63) is 42.9 Å². The topological polar surface area (TPSA) is 56.8 Å². The zero-order valence-electron chi connectivity index (χ0n) is 18.0. The van der Waals surface area contributed by atoms with Gasteiger partial charge in [-0.05, 0) is 67.8 Å². The van der Waals surface area contributed by atoms with Gasteiger partial charge >= 0.3 is 0 Å². The van der Waals surface area contributed by atoms with Crippen LogP contribution in [0.3, 0.4) is 0 Å². The minimum absolute atomic E-state index is 0.550. The van der Waals surface area contributed by atoms with Gasteiger partial charge in [0.15, 0.2) is 5.82 Å². The Morgan fingerprint density at radius 2 is 1.68 bits per heavy atom. The predicted octanol–water partition coefficient (Wildman–Crippen LogP) is 5.31. The third-order valence-corrected chi connectivity index (χ3v) is 8.84. The first kappa shape index (κ1) is 18.2. The second-order valence-corrected chi connectivity index (χ2v) is 10.5. The fourth-order valence-corrected chi connectivity index (χ4v) is 7.40. The minimum atomic E-state index is 0.550. The largest absolute Gasteiger partial charge is 0.345 e. The molecule has 6 unspecified atom stereocenters. The second kappa shape index (κ2) is 7.06. The molecule has 7 rings (SSSR count). The summed E-state index contributed by atoms with van der Waals surface area (Å²) >= 11 is 0. The molecule has 3 aromatic rings. The number of nitrogens with one attached hydrogen (secondary N) is 2. The van der Waals surface area contributed by atoms with Crippen LogP contribution in [0, 0.1) is 23.7 Å². The van der Waals surface area contributed by atoms with E-state index in [1.807, 2.05) is 0 Å². The molecule has 4 bridgehead atoms. The summed E-state index contributed by atoms with van der Waals surface area (Å²) in [5, 5.41) is 3.69. The van der Waals surface area contributed by atoms with Crippen molar-refractivity contribution in [3.8, 4) is 11.1 Å². The number of H-pyrrole nitrogens is 1. The van der Waals surface area contributed by atoms with E-state index in [0.717, 1.165) is 40.5 Å². The van der Waals surface area contributed by atoms with Gasteiger partial charge in [-0.3, -0.25) is 5.01 Å². The number of rotatable bonds is 5. The van der Waals surface area contributed by atoms with Gasteiger partial charge in [-0.1, -0.05) is 43.2 Å². The van der Waals surface area contributed by atoms with E-state index in [2.05, 4.69) is 56.9 Å². The Morgan fingerprint density at radius 3 is 2.39 bits per heavy atom. The van der Waals surface area contributed by atoms with Crippen LogP contribution in [0.4, 0.5) is 5.82 Å². The van der Waals surface area contributed by atoms with Crippen LogP contribution in [0.2, 0.25) is 0 Å². The Kier molecular flexibility index (Phi) is 4.14. The summed E-state index contributed by atoms with van der Waals surface area (Å²) in [6.45, 7) is 0. The maximum Gasteiger partial charge on any atom is 0.156 e. The number of anilines is 1. The number of hydrogen-bond acceptors (Lipinski definition) is 4. The maximum atomic E-state index is 4.93. The molecule has 31 heavy (non-hydrogen) atoms. The van der Waals surface area contributed by atoms with Crippen molar-refractivity contribution < 1.29 is 0 Å². The molecule has 5 heteroatoms. The molecule has 4 aliphatic rings. The Labute approximate surface area is 183 Å². The van der Waals surface area contributed by atoms with Crippen LogP contribution < -0.4 is 10.4 Å². The molecule has 5 nitrogen and oxygen atoms in total. The van der Waals surface area contributed by atoms with E-state index in [0.29, 0.717) is 12.1 Å². The molecule has 6 atom stereocenters. The van der Waals surface area contributed by atoms with Crippen LogP contribution in [0.15, 0.2) is 42.9 Å². The summed E-state index contributed by atoms with van der Waals surface area (Å²) in [6, 6.07) is 11.8. The van der Waals surface area contributed by atoms with Gasteiger partial charge in [0.1, 0.15) is 12.0 Å². The highest BCUT2D eigenvalue weighted by atomic mass is 15.6.